The fraction of sp³-hybridized carbons (Fsp3) is 0.455. The molecule has 0 amide bonds. The lowest BCUT2D eigenvalue weighted by molar-refractivity contribution is -0.384. The van der Waals surface area contributed by atoms with Crippen LogP contribution in [0, 0.1) is 16.0 Å². The molecule has 1 aromatic carbocycles. The maximum absolute atomic E-state index is 11.0. The van der Waals surface area contributed by atoms with E-state index in [1.165, 1.54) is 6.07 Å². The lowest BCUT2D eigenvalue weighted by Gasteiger charge is -2.18. The minimum absolute atomic E-state index is 0.0817. The summed E-state index contributed by atoms with van der Waals surface area (Å²) in [5.74, 6) is 0.359. The Labute approximate surface area is 108 Å². The van der Waals surface area contributed by atoms with E-state index >= 15 is 0 Å². The number of anilines is 1. The molecule has 2 atom stereocenters. The van der Waals surface area contributed by atoms with Gasteiger partial charge in [0.15, 0.2) is 0 Å². The predicted molar refractivity (Wildman–Crippen MR) is 70.1 cm³/mol. The number of rotatable bonds is 2. The zero-order chi connectivity index (χ0) is 12.6. The van der Waals surface area contributed by atoms with Crippen molar-refractivity contribution >= 4 is 27.3 Å². The summed E-state index contributed by atoms with van der Waals surface area (Å²) in [6, 6.07) is 5.20. The molecule has 2 rings (SSSR count). The second-order valence-electron chi connectivity index (χ2n) is 4.44. The number of nitro benzene ring substituents is 1. The number of benzene rings is 1. The monoisotopic (exact) mass is 299 g/mol. The number of hydrogen-bond donors (Lipinski definition) is 1. The zero-order valence-electron chi connectivity index (χ0n) is 9.47. The van der Waals surface area contributed by atoms with Gasteiger partial charge in [-0.25, -0.2) is 0 Å². The largest absolute Gasteiger partial charge is 0.364 e. The van der Waals surface area contributed by atoms with Crippen LogP contribution in [-0.2, 0) is 0 Å². The average Bonchev–Trinajstić information content (AvgIpc) is 2.59. The van der Waals surface area contributed by atoms with E-state index < -0.39 is 0 Å². The molecule has 5 nitrogen and oxygen atoms in total. The molecule has 1 aliphatic rings. The highest BCUT2D eigenvalue weighted by Gasteiger charge is 2.30. The SMILES string of the molecule is CC1CN(c2ccc(Br)cc2[N+](=O)[O-])CC1N. The lowest BCUT2D eigenvalue weighted by atomic mass is 10.1. The van der Waals surface area contributed by atoms with Crippen molar-refractivity contribution in [3.05, 3.63) is 32.8 Å². The van der Waals surface area contributed by atoms with E-state index in [0.29, 0.717) is 22.6 Å². The Morgan fingerprint density at radius 3 is 2.76 bits per heavy atom. The van der Waals surface area contributed by atoms with Gasteiger partial charge in [-0.3, -0.25) is 10.1 Å². The van der Waals surface area contributed by atoms with Crippen molar-refractivity contribution in [1.29, 1.82) is 0 Å². The van der Waals surface area contributed by atoms with Crippen LogP contribution in [0.1, 0.15) is 6.92 Å². The molecule has 0 bridgehead atoms. The fourth-order valence-electron chi connectivity index (χ4n) is 2.10. The van der Waals surface area contributed by atoms with Gasteiger partial charge in [0.2, 0.25) is 0 Å². The predicted octanol–water partition coefficient (Wildman–Crippen LogP) is 2.14. The van der Waals surface area contributed by atoms with E-state index in [0.717, 1.165) is 6.54 Å². The van der Waals surface area contributed by atoms with Crippen LogP contribution in [-0.4, -0.2) is 24.1 Å². The van der Waals surface area contributed by atoms with Gasteiger partial charge in [0.1, 0.15) is 5.69 Å². The Kier molecular flexibility index (Phi) is 3.35. The van der Waals surface area contributed by atoms with E-state index in [4.69, 9.17) is 5.73 Å². The topological polar surface area (TPSA) is 72.4 Å². The highest BCUT2D eigenvalue weighted by Crippen LogP contribution is 2.33. The van der Waals surface area contributed by atoms with E-state index in [1.54, 1.807) is 6.07 Å². The van der Waals surface area contributed by atoms with Crippen LogP contribution in [0.4, 0.5) is 11.4 Å². The maximum atomic E-state index is 11.0. The molecule has 2 N–H and O–H groups in total. The Balaban J connectivity index is 2.36. The summed E-state index contributed by atoms with van der Waals surface area (Å²) in [6.45, 7) is 3.50. The first-order valence-electron chi connectivity index (χ1n) is 5.43. The Bertz CT molecular complexity index is 442. The second kappa shape index (κ2) is 4.62. The molecule has 6 heteroatoms. The van der Waals surface area contributed by atoms with Gasteiger partial charge in [-0.15, -0.1) is 0 Å². The van der Waals surface area contributed by atoms with Crippen LogP contribution in [0.15, 0.2) is 22.7 Å². The molecule has 1 heterocycles. The molecule has 1 aromatic rings. The second-order valence-corrected chi connectivity index (χ2v) is 5.35. The molecule has 0 saturated carbocycles. The summed E-state index contributed by atoms with van der Waals surface area (Å²) in [6.07, 6.45) is 0. The van der Waals surface area contributed by atoms with Gasteiger partial charge in [-0.2, -0.15) is 0 Å². The average molecular weight is 300 g/mol. The summed E-state index contributed by atoms with van der Waals surface area (Å²) >= 11 is 3.25. The highest BCUT2D eigenvalue weighted by molar-refractivity contribution is 9.10. The van der Waals surface area contributed by atoms with Gasteiger partial charge in [-0.1, -0.05) is 22.9 Å². The maximum Gasteiger partial charge on any atom is 0.293 e. The summed E-state index contributed by atoms with van der Waals surface area (Å²) in [4.78, 5) is 12.7. The van der Waals surface area contributed by atoms with Crippen molar-refractivity contribution in [2.75, 3.05) is 18.0 Å². The first kappa shape index (κ1) is 12.3. The van der Waals surface area contributed by atoms with Crippen LogP contribution in [0.25, 0.3) is 0 Å². The highest BCUT2D eigenvalue weighted by atomic mass is 79.9. The first-order valence-corrected chi connectivity index (χ1v) is 6.23. The zero-order valence-corrected chi connectivity index (χ0v) is 11.1. The summed E-state index contributed by atoms with van der Waals surface area (Å²) in [5, 5.41) is 11.0. The van der Waals surface area contributed by atoms with E-state index in [2.05, 4.69) is 22.9 Å². The standard InChI is InChI=1S/C11H14BrN3O2/c1-7-5-14(6-9(7)13)10-3-2-8(12)4-11(10)15(16)17/h2-4,7,9H,5-6,13H2,1H3. The number of hydrogen-bond acceptors (Lipinski definition) is 4. The molecule has 0 radical (unpaired) electrons. The van der Waals surface area contributed by atoms with Gasteiger partial charge in [0.05, 0.1) is 4.92 Å². The molecule has 1 saturated heterocycles. The molecule has 1 fully saturated rings. The normalized spacial score (nSPS) is 24.1. The van der Waals surface area contributed by atoms with Crippen molar-refractivity contribution < 1.29 is 4.92 Å². The van der Waals surface area contributed by atoms with Gasteiger partial charge >= 0.3 is 0 Å². The quantitative estimate of drug-likeness (QED) is 0.671. The number of halogens is 1. The summed E-state index contributed by atoms with van der Waals surface area (Å²) in [7, 11) is 0. The van der Waals surface area contributed by atoms with E-state index in [9.17, 15) is 10.1 Å². The Morgan fingerprint density at radius 2 is 2.24 bits per heavy atom. The van der Waals surface area contributed by atoms with E-state index in [-0.39, 0.29) is 16.7 Å². The Morgan fingerprint density at radius 1 is 1.53 bits per heavy atom. The molecular formula is C11H14BrN3O2. The van der Waals surface area contributed by atoms with Crippen molar-refractivity contribution in [3.8, 4) is 0 Å². The third-order valence-electron chi connectivity index (χ3n) is 3.15. The Hall–Kier alpha value is -1.14. The molecular weight excluding hydrogens is 286 g/mol. The van der Waals surface area contributed by atoms with Gasteiger partial charge in [0.25, 0.3) is 5.69 Å². The molecule has 2 unspecified atom stereocenters. The number of nitro groups is 1. The van der Waals surface area contributed by atoms with Gasteiger partial charge in [-0.05, 0) is 18.1 Å². The third-order valence-corrected chi connectivity index (χ3v) is 3.64. The van der Waals surface area contributed by atoms with Gasteiger partial charge < -0.3 is 10.6 Å². The van der Waals surface area contributed by atoms with Crippen molar-refractivity contribution in [3.63, 3.8) is 0 Å². The number of nitrogens with two attached hydrogens (primary N) is 1. The minimum Gasteiger partial charge on any atom is -0.364 e. The van der Waals surface area contributed by atoms with Crippen molar-refractivity contribution in [1.82, 2.24) is 0 Å². The number of nitrogens with zero attached hydrogens (tertiary/aromatic N) is 2. The van der Waals surface area contributed by atoms with Gasteiger partial charge in [0, 0.05) is 29.7 Å². The van der Waals surface area contributed by atoms with Crippen molar-refractivity contribution in [2.45, 2.75) is 13.0 Å². The van der Waals surface area contributed by atoms with Crippen LogP contribution in [0.5, 0.6) is 0 Å². The summed E-state index contributed by atoms with van der Waals surface area (Å²) in [5.41, 5.74) is 6.72. The minimum atomic E-state index is -0.353. The van der Waals surface area contributed by atoms with E-state index in [1.807, 2.05) is 11.0 Å². The smallest absolute Gasteiger partial charge is 0.293 e. The molecule has 17 heavy (non-hydrogen) atoms. The van der Waals surface area contributed by atoms with Crippen LogP contribution < -0.4 is 10.6 Å². The van der Waals surface area contributed by atoms with Crippen LogP contribution in [0.3, 0.4) is 0 Å². The fourth-order valence-corrected chi connectivity index (χ4v) is 2.45. The van der Waals surface area contributed by atoms with Crippen molar-refractivity contribution in [2.24, 2.45) is 11.7 Å². The molecule has 0 aliphatic carbocycles. The molecule has 1 aliphatic heterocycles. The lowest BCUT2D eigenvalue weighted by Crippen LogP contribution is -2.28. The molecule has 92 valence electrons. The third kappa shape index (κ3) is 2.42. The van der Waals surface area contributed by atoms with Crippen LogP contribution >= 0.6 is 15.9 Å². The molecule has 0 spiro atoms. The summed E-state index contributed by atoms with van der Waals surface area (Å²) < 4.78 is 0.712. The first-order chi connectivity index (χ1) is 7.99. The molecule has 0 aromatic heterocycles. The van der Waals surface area contributed by atoms with Crippen LogP contribution in [0.2, 0.25) is 0 Å².